The van der Waals surface area contributed by atoms with Crippen LogP contribution in [0, 0.1) is 0 Å². The van der Waals surface area contributed by atoms with Gasteiger partial charge >= 0.3 is 0 Å². The fourth-order valence-corrected chi connectivity index (χ4v) is 4.37. The van der Waals surface area contributed by atoms with Crippen LogP contribution in [0.25, 0.3) is 11.0 Å². The van der Waals surface area contributed by atoms with E-state index in [4.69, 9.17) is 4.74 Å². The fourth-order valence-electron chi connectivity index (χ4n) is 2.88. The first kappa shape index (κ1) is 17.1. The van der Waals surface area contributed by atoms with Crippen LogP contribution in [-0.4, -0.2) is 70.1 Å². The summed E-state index contributed by atoms with van der Waals surface area (Å²) in [5.74, 6) is 0.588. The molecule has 0 bridgehead atoms. The maximum absolute atomic E-state index is 12.5. The molecule has 0 aromatic carbocycles. The first-order chi connectivity index (χ1) is 11.3. The van der Waals surface area contributed by atoms with Gasteiger partial charge in [-0.15, -0.1) is 0 Å². The van der Waals surface area contributed by atoms with Crippen molar-refractivity contribution in [2.24, 2.45) is 7.05 Å². The van der Waals surface area contributed by atoms with Crippen LogP contribution in [0.15, 0.2) is 12.5 Å². The molecule has 10 heteroatoms. The highest BCUT2D eigenvalue weighted by Gasteiger charge is 2.30. The van der Waals surface area contributed by atoms with Crippen molar-refractivity contribution < 1.29 is 13.2 Å². The van der Waals surface area contributed by atoms with Crippen LogP contribution in [-0.2, 0) is 21.8 Å². The molecule has 3 rings (SSSR count). The Balaban J connectivity index is 1.64. The third-order valence-corrected chi connectivity index (χ3v) is 5.67. The van der Waals surface area contributed by atoms with E-state index in [1.165, 1.54) is 10.6 Å². The molecule has 0 spiro atoms. The average molecular weight is 354 g/mol. The van der Waals surface area contributed by atoms with E-state index in [0.717, 1.165) is 5.39 Å². The van der Waals surface area contributed by atoms with Crippen LogP contribution in [0.1, 0.15) is 13.8 Å². The number of hydrogen-bond acceptors (Lipinski definition) is 7. The summed E-state index contributed by atoms with van der Waals surface area (Å²) >= 11 is 0. The lowest BCUT2D eigenvalue weighted by molar-refractivity contribution is -0.0440. The number of nitrogens with one attached hydrogen (secondary N) is 1. The van der Waals surface area contributed by atoms with E-state index in [0.29, 0.717) is 24.6 Å². The zero-order valence-corrected chi connectivity index (χ0v) is 14.8. The quantitative estimate of drug-likeness (QED) is 0.819. The third-order valence-electron chi connectivity index (χ3n) is 3.86. The number of aromatic nitrogens is 4. The van der Waals surface area contributed by atoms with Gasteiger partial charge in [0.05, 0.1) is 23.3 Å². The Morgan fingerprint density at radius 2 is 2.00 bits per heavy atom. The molecule has 0 unspecified atom stereocenters. The number of rotatable bonds is 5. The smallest absolute Gasteiger partial charge is 0.216 e. The highest BCUT2D eigenvalue weighted by atomic mass is 32.2. The van der Waals surface area contributed by atoms with Crippen LogP contribution >= 0.6 is 0 Å². The van der Waals surface area contributed by atoms with Gasteiger partial charge in [0, 0.05) is 32.9 Å². The van der Waals surface area contributed by atoms with Crippen molar-refractivity contribution in [2.75, 3.05) is 30.7 Å². The molecular formula is C14H22N6O3S. The Morgan fingerprint density at radius 1 is 1.29 bits per heavy atom. The predicted octanol–water partition coefficient (Wildman–Crippen LogP) is 0.214. The second kappa shape index (κ2) is 6.61. The zero-order chi connectivity index (χ0) is 17.3. The summed E-state index contributed by atoms with van der Waals surface area (Å²) in [6.45, 7) is 4.83. The molecule has 2 aromatic heterocycles. The van der Waals surface area contributed by atoms with Crippen molar-refractivity contribution in [2.45, 2.75) is 26.1 Å². The van der Waals surface area contributed by atoms with Crippen LogP contribution in [0.5, 0.6) is 0 Å². The van der Waals surface area contributed by atoms with Gasteiger partial charge in [-0.2, -0.15) is 9.40 Å². The minimum Gasteiger partial charge on any atom is -0.373 e. The number of sulfonamides is 1. The molecule has 1 N–H and O–H groups in total. The number of hydrogen-bond donors (Lipinski definition) is 1. The number of fused-ring (bicyclic) bond motifs is 1. The van der Waals surface area contributed by atoms with E-state index in [-0.39, 0.29) is 24.5 Å². The molecule has 0 aliphatic carbocycles. The topological polar surface area (TPSA) is 102 Å². The summed E-state index contributed by atoms with van der Waals surface area (Å²) in [7, 11) is -1.54. The first-order valence-electron chi connectivity index (χ1n) is 7.86. The molecule has 9 nitrogen and oxygen atoms in total. The molecular weight excluding hydrogens is 332 g/mol. The van der Waals surface area contributed by atoms with Crippen molar-refractivity contribution in [3.05, 3.63) is 12.5 Å². The van der Waals surface area contributed by atoms with Crippen LogP contribution in [0.2, 0.25) is 0 Å². The summed E-state index contributed by atoms with van der Waals surface area (Å²) in [5.41, 5.74) is 0.577. The molecule has 0 amide bonds. The lowest BCUT2D eigenvalue weighted by Crippen LogP contribution is -2.49. The third kappa shape index (κ3) is 3.65. The Bertz CT molecular complexity index is 811. The highest BCUT2D eigenvalue weighted by molar-refractivity contribution is 7.89. The molecule has 1 aliphatic rings. The van der Waals surface area contributed by atoms with Gasteiger partial charge in [0.2, 0.25) is 10.0 Å². The van der Waals surface area contributed by atoms with E-state index in [1.807, 2.05) is 13.8 Å². The molecule has 1 aliphatic heterocycles. The number of aryl methyl sites for hydroxylation is 1. The summed E-state index contributed by atoms with van der Waals surface area (Å²) in [4.78, 5) is 8.26. The first-order valence-corrected chi connectivity index (χ1v) is 9.47. The maximum Gasteiger partial charge on any atom is 0.216 e. The van der Waals surface area contributed by atoms with Gasteiger partial charge in [-0.05, 0) is 13.8 Å². The zero-order valence-electron chi connectivity index (χ0n) is 14.0. The van der Waals surface area contributed by atoms with Crippen LogP contribution in [0.3, 0.4) is 0 Å². The molecule has 1 fully saturated rings. The molecule has 0 radical (unpaired) electrons. The molecule has 0 saturated carbocycles. The molecule has 24 heavy (non-hydrogen) atoms. The monoisotopic (exact) mass is 354 g/mol. The normalized spacial score (nSPS) is 22.8. The van der Waals surface area contributed by atoms with Gasteiger partial charge in [-0.3, -0.25) is 4.68 Å². The van der Waals surface area contributed by atoms with E-state index in [2.05, 4.69) is 20.4 Å². The van der Waals surface area contributed by atoms with Gasteiger partial charge in [0.15, 0.2) is 5.65 Å². The number of anilines is 1. The second-order valence-electron chi connectivity index (χ2n) is 6.08. The number of morpholine rings is 1. The predicted molar refractivity (Wildman–Crippen MR) is 90.2 cm³/mol. The van der Waals surface area contributed by atoms with Crippen LogP contribution in [0.4, 0.5) is 5.82 Å². The second-order valence-corrected chi connectivity index (χ2v) is 8.17. The van der Waals surface area contributed by atoms with Crippen LogP contribution < -0.4 is 5.32 Å². The SMILES string of the molecule is C[C@@H]1CN(S(=O)(=O)CCNc2ncnc3nn(C)cc23)C[C@H](C)O1. The van der Waals surface area contributed by atoms with Crippen molar-refractivity contribution in [3.8, 4) is 0 Å². The average Bonchev–Trinajstić information content (AvgIpc) is 2.87. The maximum atomic E-state index is 12.5. The van der Waals surface area contributed by atoms with Gasteiger partial charge in [-0.1, -0.05) is 0 Å². The Hall–Kier alpha value is -1.78. The summed E-state index contributed by atoms with van der Waals surface area (Å²) in [6, 6.07) is 0. The summed E-state index contributed by atoms with van der Waals surface area (Å²) < 4.78 is 33.8. The minimum atomic E-state index is -3.34. The number of nitrogens with zero attached hydrogens (tertiary/aromatic N) is 5. The Labute approximate surface area is 141 Å². The van der Waals surface area contributed by atoms with E-state index < -0.39 is 10.0 Å². The van der Waals surface area contributed by atoms with Gasteiger partial charge in [0.1, 0.15) is 12.1 Å². The fraction of sp³-hybridized carbons (Fsp3) is 0.643. The van der Waals surface area contributed by atoms with E-state index >= 15 is 0 Å². The van der Waals surface area contributed by atoms with Gasteiger partial charge < -0.3 is 10.1 Å². The largest absolute Gasteiger partial charge is 0.373 e. The Kier molecular flexibility index (Phi) is 4.70. The number of ether oxygens (including phenoxy) is 1. The minimum absolute atomic E-state index is 0.00179. The van der Waals surface area contributed by atoms with Gasteiger partial charge in [-0.25, -0.2) is 18.4 Å². The molecule has 3 heterocycles. The molecule has 2 atom stereocenters. The van der Waals surface area contributed by atoms with Crippen molar-refractivity contribution in [3.63, 3.8) is 0 Å². The molecule has 1 saturated heterocycles. The van der Waals surface area contributed by atoms with Crippen molar-refractivity contribution in [1.82, 2.24) is 24.1 Å². The van der Waals surface area contributed by atoms with Crippen molar-refractivity contribution in [1.29, 1.82) is 0 Å². The lowest BCUT2D eigenvalue weighted by Gasteiger charge is -2.34. The summed E-state index contributed by atoms with van der Waals surface area (Å²) in [6.07, 6.45) is 3.04. The molecule has 2 aromatic rings. The summed E-state index contributed by atoms with van der Waals surface area (Å²) in [5, 5.41) is 8.05. The molecule has 132 valence electrons. The highest BCUT2D eigenvalue weighted by Crippen LogP contribution is 2.18. The van der Waals surface area contributed by atoms with E-state index in [9.17, 15) is 8.42 Å². The van der Waals surface area contributed by atoms with E-state index in [1.54, 1.807) is 17.9 Å². The standard InChI is InChI=1S/C14H22N6O3S/c1-10-6-20(7-11(2)23-10)24(21,22)5-4-15-13-12-8-19(3)18-14(12)17-9-16-13/h8-11H,4-7H2,1-3H3,(H,15,16,17,18)/t10-,11+. The Morgan fingerprint density at radius 3 is 2.71 bits per heavy atom. The lowest BCUT2D eigenvalue weighted by atomic mass is 10.3. The van der Waals surface area contributed by atoms with Gasteiger partial charge in [0.25, 0.3) is 0 Å². The van der Waals surface area contributed by atoms with Crippen molar-refractivity contribution >= 4 is 26.9 Å².